The Hall–Kier alpha value is -1.32. The molecule has 0 aliphatic heterocycles. The van der Waals surface area contributed by atoms with Gasteiger partial charge in [-0.3, -0.25) is 0 Å². The second-order valence-corrected chi connectivity index (χ2v) is 3.82. The van der Waals surface area contributed by atoms with E-state index >= 15 is 0 Å². The maximum atomic E-state index is 5.72. The van der Waals surface area contributed by atoms with E-state index in [-0.39, 0.29) is 0 Å². The van der Waals surface area contributed by atoms with E-state index in [1.54, 1.807) is 12.3 Å². The van der Waals surface area contributed by atoms with Crippen molar-refractivity contribution in [3.05, 3.63) is 58.9 Å². The van der Waals surface area contributed by atoms with Gasteiger partial charge < -0.3 is 4.57 Å². The summed E-state index contributed by atoms with van der Waals surface area (Å²) < 4.78 is 5.60. The van der Waals surface area contributed by atoms with Crippen LogP contribution in [-0.2, 0) is 6.54 Å². The van der Waals surface area contributed by atoms with Gasteiger partial charge >= 0.3 is 0 Å². The average Bonchev–Trinajstić information content (AvgIpc) is 2.33. The molecule has 0 bridgehead atoms. The van der Waals surface area contributed by atoms with E-state index in [1.165, 1.54) is 0 Å². The van der Waals surface area contributed by atoms with Gasteiger partial charge in [-0.15, -0.1) is 0 Å². The topological polar surface area (TPSA) is 30.2 Å². The number of nitrogens with zero attached hydrogens (tertiary/aromatic N) is 3. The highest BCUT2D eigenvalue weighted by Crippen LogP contribution is 2.05. The van der Waals surface area contributed by atoms with Crippen molar-refractivity contribution in [3.8, 4) is 0 Å². The van der Waals surface area contributed by atoms with Gasteiger partial charge in [-0.05, 0) is 23.8 Å². The summed E-state index contributed by atoms with van der Waals surface area (Å²) in [5.41, 5.74) is 1.75. The van der Waals surface area contributed by atoms with Crippen LogP contribution in [0.25, 0.3) is 0 Å². The average molecular weight is 254 g/mol. The van der Waals surface area contributed by atoms with Crippen molar-refractivity contribution in [2.45, 2.75) is 6.54 Å². The molecule has 2 rings (SSSR count). The summed E-state index contributed by atoms with van der Waals surface area (Å²) in [5.74, 6) is 0. The molecule has 0 fully saturated rings. The molecule has 0 radical (unpaired) electrons. The van der Waals surface area contributed by atoms with E-state index in [0.29, 0.717) is 17.2 Å². The van der Waals surface area contributed by atoms with Gasteiger partial charge in [0.15, 0.2) is 0 Å². The van der Waals surface area contributed by atoms with Gasteiger partial charge in [0.2, 0.25) is 0 Å². The monoisotopic (exact) mass is 253 g/mol. The van der Waals surface area contributed by atoms with Crippen LogP contribution in [0, 0.1) is 0 Å². The first-order valence-electron chi connectivity index (χ1n) is 4.70. The fourth-order valence-electron chi connectivity index (χ4n) is 1.37. The van der Waals surface area contributed by atoms with E-state index < -0.39 is 0 Å². The fraction of sp³-hybridized carbons (Fsp3) is 0.0909. The lowest BCUT2D eigenvalue weighted by Crippen LogP contribution is -2.19. The maximum absolute atomic E-state index is 5.72. The van der Waals surface area contributed by atoms with Gasteiger partial charge in [-0.1, -0.05) is 23.7 Å². The van der Waals surface area contributed by atoms with E-state index in [0.717, 1.165) is 5.56 Å². The summed E-state index contributed by atoms with van der Waals surface area (Å²) in [6.07, 6.45) is 3.65. The van der Waals surface area contributed by atoms with Gasteiger partial charge in [0, 0.05) is 24.2 Å². The first-order chi connectivity index (χ1) is 7.79. The van der Waals surface area contributed by atoms with E-state index in [2.05, 4.69) is 9.50 Å². The molecule has 82 valence electrons. The maximum Gasteiger partial charge on any atom is 0.147 e. The molecular formula is C11H9Cl2N3. The lowest BCUT2D eigenvalue weighted by molar-refractivity contribution is 0.745. The molecule has 0 saturated carbocycles. The Labute approximate surface area is 103 Å². The zero-order chi connectivity index (χ0) is 11.4. The minimum atomic E-state index is 0.490. The van der Waals surface area contributed by atoms with Crippen LogP contribution in [0.15, 0.2) is 47.2 Å². The quantitative estimate of drug-likeness (QED) is 0.757. The third-order valence-corrected chi connectivity index (χ3v) is 2.54. The number of hydrogen-bond acceptors (Lipinski definition) is 2. The van der Waals surface area contributed by atoms with Crippen LogP contribution in [0.3, 0.4) is 0 Å². The zero-order valence-corrected chi connectivity index (χ0v) is 9.86. The molecule has 0 aliphatic carbocycles. The first-order valence-corrected chi connectivity index (χ1v) is 5.42. The molecule has 0 atom stereocenters. The summed E-state index contributed by atoms with van der Waals surface area (Å²) >= 11 is 11.2. The Morgan fingerprint density at radius 3 is 2.81 bits per heavy atom. The van der Waals surface area contributed by atoms with Crippen LogP contribution in [-0.4, -0.2) is 9.55 Å². The largest absolute Gasteiger partial charge is 0.328 e. The number of halogens is 2. The molecule has 0 spiro atoms. The van der Waals surface area contributed by atoms with Crippen LogP contribution in [0.2, 0.25) is 5.15 Å². The summed E-state index contributed by atoms with van der Waals surface area (Å²) in [5, 5.41) is 0.490. The standard InChI is InChI=1S/C11H9Cl2N3/c12-10-5-4-9(7-14-10)8-16-6-2-1-3-11(16)15-13/h1-7H,8H2. The van der Waals surface area contributed by atoms with Crippen LogP contribution in [0.4, 0.5) is 0 Å². The van der Waals surface area contributed by atoms with Crippen molar-refractivity contribution in [2.24, 2.45) is 4.51 Å². The van der Waals surface area contributed by atoms with Crippen molar-refractivity contribution in [1.82, 2.24) is 9.55 Å². The minimum absolute atomic E-state index is 0.490. The molecule has 0 saturated heterocycles. The number of aromatic nitrogens is 2. The molecule has 0 amide bonds. The Morgan fingerprint density at radius 2 is 2.12 bits per heavy atom. The molecule has 3 nitrogen and oxygen atoms in total. The lowest BCUT2D eigenvalue weighted by Gasteiger charge is -2.06. The molecule has 0 aromatic carbocycles. The second kappa shape index (κ2) is 5.14. The third kappa shape index (κ3) is 2.62. The van der Waals surface area contributed by atoms with E-state index in [9.17, 15) is 0 Å². The van der Waals surface area contributed by atoms with Crippen molar-refractivity contribution >= 4 is 23.4 Å². The molecule has 16 heavy (non-hydrogen) atoms. The smallest absolute Gasteiger partial charge is 0.147 e. The van der Waals surface area contributed by atoms with Crippen molar-refractivity contribution < 1.29 is 0 Å². The van der Waals surface area contributed by atoms with Crippen molar-refractivity contribution in [1.29, 1.82) is 0 Å². The van der Waals surface area contributed by atoms with Gasteiger partial charge in [-0.2, -0.15) is 4.51 Å². The Balaban J connectivity index is 2.31. The van der Waals surface area contributed by atoms with E-state index in [1.807, 2.05) is 35.0 Å². The van der Waals surface area contributed by atoms with Crippen LogP contribution in [0.1, 0.15) is 5.56 Å². The third-order valence-electron chi connectivity index (χ3n) is 2.14. The number of pyridine rings is 2. The van der Waals surface area contributed by atoms with Gasteiger partial charge in [0.25, 0.3) is 0 Å². The Morgan fingerprint density at radius 1 is 1.25 bits per heavy atom. The fourth-order valence-corrected chi connectivity index (χ4v) is 1.64. The number of rotatable bonds is 2. The lowest BCUT2D eigenvalue weighted by atomic mass is 10.3. The molecule has 2 aromatic rings. The summed E-state index contributed by atoms with van der Waals surface area (Å²) in [7, 11) is 0. The molecular weight excluding hydrogens is 245 g/mol. The van der Waals surface area contributed by atoms with Crippen molar-refractivity contribution in [2.75, 3.05) is 0 Å². The highest BCUT2D eigenvalue weighted by molar-refractivity contribution is 6.29. The molecule has 5 heteroatoms. The van der Waals surface area contributed by atoms with E-state index in [4.69, 9.17) is 23.4 Å². The normalized spacial score (nSPS) is 11.8. The van der Waals surface area contributed by atoms with Crippen LogP contribution < -0.4 is 5.49 Å². The second-order valence-electron chi connectivity index (χ2n) is 3.26. The minimum Gasteiger partial charge on any atom is -0.328 e. The van der Waals surface area contributed by atoms with Crippen molar-refractivity contribution in [3.63, 3.8) is 0 Å². The predicted octanol–water partition coefficient (Wildman–Crippen LogP) is 2.64. The molecule has 0 unspecified atom stereocenters. The predicted molar refractivity (Wildman–Crippen MR) is 64.2 cm³/mol. The highest BCUT2D eigenvalue weighted by atomic mass is 35.5. The number of hydrogen-bond donors (Lipinski definition) is 0. The van der Waals surface area contributed by atoms with Gasteiger partial charge in [-0.25, -0.2) is 4.98 Å². The van der Waals surface area contributed by atoms with Crippen LogP contribution >= 0.6 is 23.4 Å². The molecule has 0 N–H and O–H groups in total. The Bertz CT molecular complexity index is 531. The summed E-state index contributed by atoms with van der Waals surface area (Å²) in [6, 6.07) is 9.34. The molecule has 0 aliphatic rings. The highest BCUT2D eigenvalue weighted by Gasteiger charge is 1.96. The summed E-state index contributed by atoms with van der Waals surface area (Å²) in [4.78, 5) is 4.02. The Kier molecular flexibility index (Phi) is 3.59. The van der Waals surface area contributed by atoms with Gasteiger partial charge in [0.1, 0.15) is 10.6 Å². The first kappa shape index (κ1) is 11.2. The molecule has 2 heterocycles. The zero-order valence-electron chi connectivity index (χ0n) is 8.35. The van der Waals surface area contributed by atoms with Gasteiger partial charge in [0.05, 0.1) is 6.54 Å². The molecule has 2 aromatic heterocycles. The van der Waals surface area contributed by atoms with Crippen LogP contribution in [0.5, 0.6) is 0 Å². The SMILES string of the molecule is ClN=c1ccccn1Cc1ccc(Cl)nc1. The summed E-state index contributed by atoms with van der Waals surface area (Å²) in [6.45, 7) is 0.663.